The Bertz CT molecular complexity index is 1530. The van der Waals surface area contributed by atoms with Crippen molar-refractivity contribution >= 4 is 22.7 Å². The number of fused-ring (bicyclic) bond motifs is 4. The lowest BCUT2D eigenvalue weighted by Gasteiger charge is -2.47. The number of aromatic amines is 1. The number of carbonyl (C=O) groups is 2. The summed E-state index contributed by atoms with van der Waals surface area (Å²) in [7, 11) is 3.16. The summed E-state index contributed by atoms with van der Waals surface area (Å²) in [6, 6.07) is 18.4. The van der Waals surface area contributed by atoms with Crippen LogP contribution < -0.4 is 9.47 Å². The number of rotatable bonds is 5. The molecule has 6 rings (SSSR count). The van der Waals surface area contributed by atoms with Crippen molar-refractivity contribution in [1.29, 1.82) is 0 Å². The van der Waals surface area contributed by atoms with Gasteiger partial charge in [-0.3, -0.25) is 9.59 Å². The highest BCUT2D eigenvalue weighted by atomic mass is 19.1. The fourth-order valence-electron chi connectivity index (χ4n) is 5.67. The van der Waals surface area contributed by atoms with Crippen molar-refractivity contribution in [3.63, 3.8) is 0 Å². The second-order valence-corrected chi connectivity index (χ2v) is 9.38. The smallest absolute Gasteiger partial charge is 0.246 e. The zero-order valence-corrected chi connectivity index (χ0v) is 20.5. The number of amides is 2. The van der Waals surface area contributed by atoms with E-state index < -0.39 is 17.9 Å². The molecule has 2 atom stereocenters. The molecule has 3 aromatic carbocycles. The van der Waals surface area contributed by atoms with E-state index in [-0.39, 0.29) is 24.9 Å². The van der Waals surface area contributed by atoms with Crippen LogP contribution in [-0.4, -0.2) is 53.4 Å². The van der Waals surface area contributed by atoms with Crippen molar-refractivity contribution in [3.05, 3.63) is 94.9 Å². The third kappa shape index (κ3) is 3.71. The van der Waals surface area contributed by atoms with Crippen molar-refractivity contribution in [2.45, 2.75) is 25.0 Å². The Balaban J connectivity index is 1.50. The molecule has 188 valence electrons. The van der Waals surface area contributed by atoms with Crippen LogP contribution in [0.5, 0.6) is 11.5 Å². The van der Waals surface area contributed by atoms with Crippen molar-refractivity contribution in [2.24, 2.45) is 0 Å². The molecule has 8 heteroatoms. The van der Waals surface area contributed by atoms with Crippen LogP contribution in [0.2, 0.25) is 0 Å². The molecule has 0 saturated carbocycles. The van der Waals surface area contributed by atoms with Gasteiger partial charge in [0.15, 0.2) is 0 Å². The van der Waals surface area contributed by atoms with Crippen molar-refractivity contribution in [1.82, 2.24) is 14.8 Å². The summed E-state index contributed by atoms with van der Waals surface area (Å²) in [6.07, 6.45) is 0.362. The number of H-pyrrole nitrogens is 1. The van der Waals surface area contributed by atoms with Gasteiger partial charge in [0.25, 0.3) is 0 Å². The molecule has 2 aliphatic rings. The standard InChI is InChI=1S/C29H26FN3O4/c1-36-18-11-12-25(37-2)21(13-18)28-27-20(19-8-4-6-10-23(19)31-27)14-24-29(35)32(16-26(34)33(24)28)15-17-7-3-5-9-22(17)30/h3-13,24,28,31H,14-16H2,1-2H3/t24-,28+/m0/s1. The maximum absolute atomic E-state index is 14.4. The number of nitrogens with zero attached hydrogens (tertiary/aromatic N) is 2. The summed E-state index contributed by atoms with van der Waals surface area (Å²) in [4.78, 5) is 34.3. The predicted octanol–water partition coefficient (Wildman–Crippen LogP) is 4.21. The van der Waals surface area contributed by atoms with E-state index in [1.54, 1.807) is 49.5 Å². The first-order valence-corrected chi connectivity index (χ1v) is 12.1. The Morgan fingerprint density at radius 3 is 2.57 bits per heavy atom. The van der Waals surface area contributed by atoms with Crippen LogP contribution in [0.4, 0.5) is 4.39 Å². The fourth-order valence-corrected chi connectivity index (χ4v) is 5.67. The van der Waals surface area contributed by atoms with Crippen LogP contribution in [0, 0.1) is 5.82 Å². The number of ether oxygens (including phenoxy) is 2. The minimum Gasteiger partial charge on any atom is -0.497 e. The van der Waals surface area contributed by atoms with Crippen molar-refractivity contribution < 1.29 is 23.5 Å². The second-order valence-electron chi connectivity index (χ2n) is 9.38. The molecule has 1 fully saturated rings. The summed E-state index contributed by atoms with van der Waals surface area (Å²) in [5, 5.41) is 1.01. The van der Waals surface area contributed by atoms with E-state index in [0.717, 1.165) is 27.7 Å². The van der Waals surface area contributed by atoms with E-state index >= 15 is 0 Å². The third-order valence-electron chi connectivity index (χ3n) is 7.39. The molecule has 0 spiro atoms. The number of nitrogens with one attached hydrogen (secondary N) is 1. The van der Waals surface area contributed by atoms with E-state index in [1.807, 2.05) is 30.3 Å². The molecule has 0 radical (unpaired) electrons. The lowest BCUT2D eigenvalue weighted by Crippen LogP contribution is -2.62. The predicted molar refractivity (Wildman–Crippen MR) is 136 cm³/mol. The summed E-state index contributed by atoms with van der Waals surface area (Å²) < 4.78 is 25.6. The molecule has 0 bridgehead atoms. The maximum Gasteiger partial charge on any atom is 0.246 e. The first-order chi connectivity index (χ1) is 18.0. The van der Waals surface area contributed by atoms with Crippen molar-refractivity contribution in [3.8, 4) is 11.5 Å². The van der Waals surface area contributed by atoms with Gasteiger partial charge in [-0.05, 0) is 35.9 Å². The fraction of sp³-hybridized carbons (Fsp3) is 0.241. The average molecular weight is 500 g/mol. The minimum absolute atomic E-state index is 0.0372. The third-order valence-corrected chi connectivity index (χ3v) is 7.39. The molecule has 3 heterocycles. The molecule has 37 heavy (non-hydrogen) atoms. The number of piperazine rings is 1. The number of para-hydroxylation sites is 1. The molecule has 2 amide bonds. The van der Waals surface area contributed by atoms with Gasteiger partial charge in [0.05, 0.1) is 14.2 Å². The molecule has 7 nitrogen and oxygen atoms in total. The van der Waals surface area contributed by atoms with Gasteiger partial charge in [-0.1, -0.05) is 36.4 Å². The number of hydrogen-bond donors (Lipinski definition) is 1. The number of hydrogen-bond acceptors (Lipinski definition) is 4. The van der Waals surface area contributed by atoms with Crippen LogP contribution in [0.3, 0.4) is 0 Å². The zero-order valence-electron chi connectivity index (χ0n) is 20.5. The summed E-state index contributed by atoms with van der Waals surface area (Å²) >= 11 is 0. The highest BCUT2D eigenvalue weighted by molar-refractivity contribution is 5.97. The molecule has 1 saturated heterocycles. The molecular formula is C29H26FN3O4. The van der Waals surface area contributed by atoms with E-state index in [2.05, 4.69) is 4.98 Å². The lowest BCUT2D eigenvalue weighted by molar-refractivity contribution is -0.159. The molecule has 1 aromatic heterocycles. The second kappa shape index (κ2) is 8.96. The van der Waals surface area contributed by atoms with Gasteiger partial charge in [-0.25, -0.2) is 4.39 Å². The molecular weight excluding hydrogens is 473 g/mol. The molecule has 1 N–H and O–H groups in total. The van der Waals surface area contributed by atoms with Crippen LogP contribution in [0.1, 0.15) is 28.4 Å². The van der Waals surface area contributed by atoms with Gasteiger partial charge in [0.2, 0.25) is 11.8 Å². The number of halogens is 1. The minimum atomic E-state index is -0.736. The Morgan fingerprint density at radius 1 is 1.00 bits per heavy atom. The van der Waals surface area contributed by atoms with Crippen LogP contribution >= 0.6 is 0 Å². The van der Waals surface area contributed by atoms with E-state index in [4.69, 9.17) is 9.47 Å². The first kappa shape index (κ1) is 23.1. The quantitative estimate of drug-likeness (QED) is 0.447. The van der Waals surface area contributed by atoms with Crippen molar-refractivity contribution in [2.75, 3.05) is 20.8 Å². The van der Waals surface area contributed by atoms with E-state index in [9.17, 15) is 14.0 Å². The van der Waals surface area contributed by atoms with Gasteiger partial charge < -0.3 is 24.3 Å². The Kier molecular flexibility index (Phi) is 5.59. The Morgan fingerprint density at radius 2 is 1.78 bits per heavy atom. The van der Waals surface area contributed by atoms with E-state index in [0.29, 0.717) is 23.5 Å². The summed E-state index contributed by atoms with van der Waals surface area (Å²) in [6.45, 7) is -0.0997. The van der Waals surface area contributed by atoms with Gasteiger partial charge in [0, 0.05) is 40.7 Å². The SMILES string of the molecule is COc1ccc(OC)c([C@@H]2c3[nH]c4ccccc4c3C[C@H]3C(=O)N(Cc4ccccc4F)CC(=O)N23)c1. The monoisotopic (exact) mass is 499 g/mol. The first-order valence-electron chi connectivity index (χ1n) is 12.1. The van der Waals surface area contributed by atoms with Gasteiger partial charge >= 0.3 is 0 Å². The average Bonchev–Trinajstić information content (AvgIpc) is 3.29. The maximum atomic E-state index is 14.4. The molecule has 0 unspecified atom stereocenters. The number of benzene rings is 3. The van der Waals surface area contributed by atoms with Crippen LogP contribution in [0.25, 0.3) is 10.9 Å². The van der Waals surface area contributed by atoms with Crippen LogP contribution in [-0.2, 0) is 22.6 Å². The Hall–Kier alpha value is -4.33. The van der Waals surface area contributed by atoms with E-state index in [1.165, 1.54) is 11.0 Å². The van der Waals surface area contributed by atoms with Crippen LogP contribution in [0.15, 0.2) is 66.7 Å². The normalized spacial score (nSPS) is 19.1. The lowest BCUT2D eigenvalue weighted by atomic mass is 9.85. The molecule has 4 aromatic rings. The summed E-state index contributed by atoms with van der Waals surface area (Å²) in [5.74, 6) is 0.398. The summed E-state index contributed by atoms with van der Waals surface area (Å²) in [5.41, 5.74) is 3.88. The highest BCUT2D eigenvalue weighted by Crippen LogP contribution is 2.45. The zero-order chi connectivity index (χ0) is 25.7. The highest BCUT2D eigenvalue weighted by Gasteiger charge is 2.49. The van der Waals surface area contributed by atoms with Gasteiger partial charge in [-0.15, -0.1) is 0 Å². The number of aromatic nitrogens is 1. The largest absolute Gasteiger partial charge is 0.497 e. The molecule has 2 aliphatic heterocycles. The molecule has 0 aliphatic carbocycles. The van der Waals surface area contributed by atoms with Gasteiger partial charge in [-0.2, -0.15) is 0 Å². The number of carbonyl (C=O) groups excluding carboxylic acids is 2. The topological polar surface area (TPSA) is 74.9 Å². The Labute approximate surface area is 213 Å². The van der Waals surface area contributed by atoms with Gasteiger partial charge in [0.1, 0.15) is 35.9 Å². The number of methoxy groups -OCH3 is 2.